The van der Waals surface area contributed by atoms with E-state index in [-0.39, 0.29) is 5.91 Å². The van der Waals surface area contributed by atoms with Crippen LogP contribution in [0.15, 0.2) is 48.5 Å². The molecule has 0 aliphatic heterocycles. The van der Waals surface area contributed by atoms with Crippen LogP contribution in [0.3, 0.4) is 0 Å². The van der Waals surface area contributed by atoms with E-state index in [9.17, 15) is 13.2 Å². The van der Waals surface area contributed by atoms with Gasteiger partial charge >= 0.3 is 0 Å². The predicted octanol–water partition coefficient (Wildman–Crippen LogP) is 2.62. The van der Waals surface area contributed by atoms with Crippen molar-refractivity contribution < 1.29 is 13.2 Å². The zero-order valence-corrected chi connectivity index (χ0v) is 12.6. The average molecular weight is 304 g/mol. The number of hydrogen-bond acceptors (Lipinski definition) is 3. The molecule has 0 aliphatic carbocycles. The topological polar surface area (TPSA) is 75.3 Å². The van der Waals surface area contributed by atoms with Gasteiger partial charge in [0.2, 0.25) is 10.0 Å². The summed E-state index contributed by atoms with van der Waals surface area (Å²) in [7, 11) is -3.31. The maximum Gasteiger partial charge on any atom is 0.255 e. The van der Waals surface area contributed by atoms with E-state index in [0.29, 0.717) is 11.3 Å². The van der Waals surface area contributed by atoms with Crippen molar-refractivity contribution in [1.82, 2.24) is 0 Å². The molecular formula is C15H16N2O3S. The summed E-state index contributed by atoms with van der Waals surface area (Å²) in [5.41, 5.74) is 2.60. The molecule has 1 amide bonds. The van der Waals surface area contributed by atoms with Crippen LogP contribution in [0.5, 0.6) is 0 Å². The van der Waals surface area contributed by atoms with Crippen molar-refractivity contribution in [3.05, 3.63) is 59.7 Å². The van der Waals surface area contributed by atoms with Gasteiger partial charge in [-0.2, -0.15) is 0 Å². The first-order chi connectivity index (χ1) is 9.85. The predicted molar refractivity (Wildman–Crippen MR) is 84.0 cm³/mol. The average Bonchev–Trinajstić information content (AvgIpc) is 2.40. The van der Waals surface area contributed by atoms with E-state index >= 15 is 0 Å². The summed E-state index contributed by atoms with van der Waals surface area (Å²) in [4.78, 5) is 12.1. The molecule has 2 aromatic rings. The number of carbonyl (C=O) groups is 1. The van der Waals surface area contributed by atoms with Crippen molar-refractivity contribution in [2.45, 2.75) is 6.92 Å². The van der Waals surface area contributed by atoms with Gasteiger partial charge in [-0.3, -0.25) is 9.52 Å². The second kappa shape index (κ2) is 5.97. The van der Waals surface area contributed by atoms with Gasteiger partial charge in [-0.15, -0.1) is 0 Å². The minimum Gasteiger partial charge on any atom is -0.322 e. The van der Waals surface area contributed by atoms with Gasteiger partial charge in [-0.25, -0.2) is 8.42 Å². The minimum atomic E-state index is -3.31. The Morgan fingerprint density at radius 3 is 2.19 bits per heavy atom. The fourth-order valence-electron chi connectivity index (χ4n) is 1.81. The van der Waals surface area contributed by atoms with Crippen LogP contribution in [-0.4, -0.2) is 20.6 Å². The van der Waals surface area contributed by atoms with Gasteiger partial charge in [0.1, 0.15) is 0 Å². The Labute approximate surface area is 124 Å². The molecule has 2 rings (SSSR count). The zero-order valence-electron chi connectivity index (χ0n) is 11.8. The third kappa shape index (κ3) is 4.32. The summed E-state index contributed by atoms with van der Waals surface area (Å²) in [6.07, 6.45) is 1.08. The smallest absolute Gasteiger partial charge is 0.255 e. The molecule has 0 saturated heterocycles. The number of rotatable bonds is 4. The number of sulfonamides is 1. The zero-order chi connectivity index (χ0) is 15.5. The lowest BCUT2D eigenvalue weighted by molar-refractivity contribution is 0.102. The number of hydrogen-bond donors (Lipinski definition) is 2. The Balaban J connectivity index is 2.12. The normalized spacial score (nSPS) is 11.0. The molecule has 0 radical (unpaired) electrons. The van der Waals surface area contributed by atoms with E-state index in [1.165, 1.54) is 0 Å². The van der Waals surface area contributed by atoms with Gasteiger partial charge in [0.15, 0.2) is 0 Å². The lowest BCUT2D eigenvalue weighted by Gasteiger charge is -2.09. The first-order valence-corrected chi connectivity index (χ1v) is 8.19. The van der Waals surface area contributed by atoms with E-state index in [4.69, 9.17) is 0 Å². The maximum absolute atomic E-state index is 12.1. The molecule has 0 unspecified atom stereocenters. The Hall–Kier alpha value is -2.34. The highest BCUT2D eigenvalue weighted by Gasteiger charge is 2.08. The molecule has 0 heterocycles. The molecule has 21 heavy (non-hydrogen) atoms. The summed E-state index contributed by atoms with van der Waals surface area (Å²) < 4.78 is 24.6. The second-order valence-corrected chi connectivity index (χ2v) is 6.47. The third-order valence-corrected chi connectivity index (χ3v) is 3.45. The number of amides is 1. The molecule has 0 spiro atoms. The van der Waals surface area contributed by atoms with E-state index in [1.807, 2.05) is 31.2 Å². The van der Waals surface area contributed by atoms with E-state index in [1.54, 1.807) is 24.3 Å². The summed E-state index contributed by atoms with van der Waals surface area (Å²) >= 11 is 0. The van der Waals surface area contributed by atoms with Gasteiger partial charge in [-0.05, 0) is 42.8 Å². The molecule has 0 fully saturated rings. The van der Waals surface area contributed by atoms with E-state index < -0.39 is 10.0 Å². The van der Waals surface area contributed by atoms with Crippen molar-refractivity contribution in [2.75, 3.05) is 16.3 Å². The molecule has 2 aromatic carbocycles. The van der Waals surface area contributed by atoms with Crippen LogP contribution in [-0.2, 0) is 10.0 Å². The molecule has 0 saturated carbocycles. The van der Waals surface area contributed by atoms with Crippen LogP contribution in [0.2, 0.25) is 0 Å². The molecule has 0 aromatic heterocycles. The fraction of sp³-hybridized carbons (Fsp3) is 0.133. The van der Waals surface area contributed by atoms with E-state index in [2.05, 4.69) is 10.0 Å². The van der Waals surface area contributed by atoms with Crippen molar-refractivity contribution in [3.63, 3.8) is 0 Å². The highest BCUT2D eigenvalue weighted by molar-refractivity contribution is 7.92. The van der Waals surface area contributed by atoms with Crippen LogP contribution in [0, 0.1) is 6.92 Å². The summed E-state index contributed by atoms with van der Waals surface area (Å²) in [5, 5.41) is 2.82. The van der Waals surface area contributed by atoms with Crippen LogP contribution in [0.25, 0.3) is 0 Å². The number of nitrogens with one attached hydrogen (secondary N) is 2. The SMILES string of the molecule is Cc1ccccc1NC(=O)c1ccc(NS(C)(=O)=O)cc1. The van der Waals surface area contributed by atoms with Crippen molar-refractivity contribution in [1.29, 1.82) is 0 Å². The lowest BCUT2D eigenvalue weighted by atomic mass is 10.1. The molecule has 5 nitrogen and oxygen atoms in total. The minimum absolute atomic E-state index is 0.241. The van der Waals surface area contributed by atoms with Gasteiger partial charge < -0.3 is 5.32 Å². The molecule has 0 atom stereocenters. The standard InChI is InChI=1S/C15H16N2O3S/c1-11-5-3-4-6-14(11)16-15(18)12-7-9-13(10-8-12)17-21(2,19)20/h3-10,17H,1-2H3,(H,16,18). The summed E-state index contributed by atoms with van der Waals surface area (Å²) in [5.74, 6) is -0.241. The first-order valence-electron chi connectivity index (χ1n) is 6.30. The van der Waals surface area contributed by atoms with Crippen molar-refractivity contribution >= 4 is 27.3 Å². The second-order valence-electron chi connectivity index (χ2n) is 4.72. The number of para-hydroxylation sites is 1. The largest absolute Gasteiger partial charge is 0.322 e. The Bertz CT molecular complexity index is 753. The Morgan fingerprint density at radius 2 is 1.62 bits per heavy atom. The summed E-state index contributed by atoms with van der Waals surface area (Å²) in [6.45, 7) is 1.91. The van der Waals surface area contributed by atoms with E-state index in [0.717, 1.165) is 17.5 Å². The highest BCUT2D eigenvalue weighted by atomic mass is 32.2. The monoisotopic (exact) mass is 304 g/mol. The lowest BCUT2D eigenvalue weighted by Crippen LogP contribution is -2.13. The van der Waals surface area contributed by atoms with Crippen LogP contribution < -0.4 is 10.0 Å². The molecule has 6 heteroatoms. The van der Waals surface area contributed by atoms with Crippen molar-refractivity contribution in [2.24, 2.45) is 0 Å². The van der Waals surface area contributed by atoms with Crippen LogP contribution in [0.1, 0.15) is 15.9 Å². The van der Waals surface area contributed by atoms with Crippen LogP contribution >= 0.6 is 0 Å². The summed E-state index contributed by atoms with van der Waals surface area (Å²) in [6, 6.07) is 13.7. The van der Waals surface area contributed by atoms with Gasteiger partial charge in [0.25, 0.3) is 5.91 Å². The molecule has 110 valence electrons. The third-order valence-electron chi connectivity index (χ3n) is 2.84. The van der Waals surface area contributed by atoms with Crippen LogP contribution in [0.4, 0.5) is 11.4 Å². The van der Waals surface area contributed by atoms with Gasteiger partial charge in [0, 0.05) is 16.9 Å². The number of anilines is 2. The Morgan fingerprint density at radius 1 is 1.00 bits per heavy atom. The van der Waals surface area contributed by atoms with Gasteiger partial charge in [0.05, 0.1) is 6.26 Å². The van der Waals surface area contributed by atoms with Crippen molar-refractivity contribution in [3.8, 4) is 0 Å². The molecule has 0 aliphatic rings. The quantitative estimate of drug-likeness (QED) is 0.911. The van der Waals surface area contributed by atoms with Gasteiger partial charge in [-0.1, -0.05) is 18.2 Å². The Kier molecular flexibility index (Phi) is 4.28. The number of carbonyl (C=O) groups excluding carboxylic acids is 1. The molecule has 2 N–H and O–H groups in total. The maximum atomic E-state index is 12.1. The number of benzene rings is 2. The highest BCUT2D eigenvalue weighted by Crippen LogP contribution is 2.16. The molecule has 0 bridgehead atoms. The first kappa shape index (κ1) is 15.1. The molecular weight excluding hydrogens is 288 g/mol. The fourth-order valence-corrected chi connectivity index (χ4v) is 2.38. The number of aryl methyl sites for hydroxylation is 1.